The number of hydrogen-bond donors (Lipinski definition) is 4. The molecule has 0 unspecified atom stereocenters. The summed E-state index contributed by atoms with van der Waals surface area (Å²) in [4.78, 5) is 8.59. The highest BCUT2D eigenvalue weighted by molar-refractivity contribution is 7.12. The number of nitrogens with zero attached hydrogens (tertiary/aromatic N) is 2. The molecule has 3 aromatic rings. The first-order valence-corrected chi connectivity index (χ1v) is 14.9. The number of ether oxygens (including phenoxy) is 3. The lowest BCUT2D eigenvalue weighted by Crippen LogP contribution is -2.40. The van der Waals surface area contributed by atoms with E-state index in [1.807, 2.05) is 17.6 Å². The van der Waals surface area contributed by atoms with Crippen molar-refractivity contribution in [2.24, 2.45) is 0 Å². The van der Waals surface area contributed by atoms with E-state index in [1.54, 1.807) is 35.6 Å². The molecule has 216 valence electrons. The Morgan fingerprint density at radius 1 is 0.975 bits per heavy atom. The molecule has 9 nitrogen and oxygen atoms in total. The van der Waals surface area contributed by atoms with Crippen LogP contribution in [0.4, 0.5) is 0 Å². The van der Waals surface area contributed by atoms with Crippen LogP contribution in [0.2, 0.25) is 0 Å². The topological polar surface area (TPSA) is 112 Å². The standard InChI is InChI=1S/C30H41N5O4S/c1-23-33-29(28(40-23)13-14-32-15-16-35-17-21-37-22-18-35)24-5-9-26(10-6-24)38-19-3-2-4-20-39-27-11-7-25(8-12-27)30(31)34-36/h5-12,32,36H,2-4,13-22H2,1H3,(H2,31,34). The molecular weight excluding hydrogens is 526 g/mol. The molecule has 0 saturated carbocycles. The molecule has 0 radical (unpaired) electrons. The number of amidine groups is 1. The first kappa shape index (κ1) is 30.0. The summed E-state index contributed by atoms with van der Waals surface area (Å²) in [6.07, 6.45) is 3.88. The van der Waals surface area contributed by atoms with Gasteiger partial charge in [-0.3, -0.25) is 21.0 Å². The van der Waals surface area contributed by atoms with Crippen molar-refractivity contribution in [3.05, 3.63) is 64.0 Å². The van der Waals surface area contributed by atoms with Crippen LogP contribution in [-0.2, 0) is 11.2 Å². The molecule has 0 amide bonds. The Morgan fingerprint density at radius 3 is 2.27 bits per heavy atom. The van der Waals surface area contributed by atoms with Gasteiger partial charge in [-0.1, -0.05) is 0 Å². The van der Waals surface area contributed by atoms with Crippen molar-refractivity contribution in [3.63, 3.8) is 0 Å². The van der Waals surface area contributed by atoms with Crippen LogP contribution in [0.15, 0.2) is 48.5 Å². The molecule has 1 aliphatic rings. The Balaban J connectivity index is 1.11. The van der Waals surface area contributed by atoms with Gasteiger partial charge in [-0.2, -0.15) is 0 Å². The zero-order valence-corrected chi connectivity index (χ0v) is 24.1. The molecular formula is C30H41N5O4S. The molecule has 1 fully saturated rings. The third-order valence-corrected chi connectivity index (χ3v) is 7.78. The fourth-order valence-electron chi connectivity index (χ4n) is 4.51. The Kier molecular flexibility index (Phi) is 12.2. The highest BCUT2D eigenvalue weighted by Crippen LogP contribution is 2.29. The molecule has 1 saturated heterocycles. The summed E-state index contributed by atoms with van der Waals surface area (Å²) in [5, 5.41) is 21.0. The van der Waals surface area contributed by atoms with Crippen LogP contribution < -0.4 is 20.3 Å². The fourth-order valence-corrected chi connectivity index (χ4v) is 5.46. The molecule has 1 aromatic heterocycles. The highest BCUT2D eigenvalue weighted by Gasteiger charge is 2.12. The Hall–Kier alpha value is -3.02. The predicted molar refractivity (Wildman–Crippen MR) is 159 cm³/mol. The van der Waals surface area contributed by atoms with E-state index < -0.39 is 0 Å². The van der Waals surface area contributed by atoms with Gasteiger partial charge in [0, 0.05) is 48.7 Å². The number of thiazole rings is 1. The van der Waals surface area contributed by atoms with Crippen molar-refractivity contribution in [2.75, 3.05) is 59.2 Å². The van der Waals surface area contributed by atoms with Gasteiger partial charge in [-0.15, -0.1) is 11.3 Å². The van der Waals surface area contributed by atoms with Gasteiger partial charge in [0.25, 0.3) is 0 Å². The highest BCUT2D eigenvalue weighted by atomic mass is 32.1. The molecule has 0 bridgehead atoms. The zero-order valence-electron chi connectivity index (χ0n) is 23.3. The van der Waals surface area contributed by atoms with Crippen LogP contribution >= 0.6 is 11.3 Å². The van der Waals surface area contributed by atoms with Crippen molar-refractivity contribution < 1.29 is 19.4 Å². The maximum atomic E-state index is 8.79. The van der Waals surface area contributed by atoms with Crippen LogP contribution in [0.5, 0.6) is 11.5 Å². The minimum atomic E-state index is -0.0390. The molecule has 0 aliphatic carbocycles. The number of hydroxylamine groups is 1. The normalized spacial score (nSPS) is 13.8. The largest absolute Gasteiger partial charge is 0.494 e. The maximum absolute atomic E-state index is 8.79. The predicted octanol–water partition coefficient (Wildman–Crippen LogP) is 4.52. The lowest BCUT2D eigenvalue weighted by Gasteiger charge is -2.26. The summed E-state index contributed by atoms with van der Waals surface area (Å²) in [6, 6.07) is 15.4. The molecule has 2 heterocycles. The Labute approximate surface area is 241 Å². The molecule has 4 N–H and O–H groups in total. The third kappa shape index (κ3) is 9.57. The van der Waals surface area contributed by atoms with Gasteiger partial charge >= 0.3 is 0 Å². The lowest BCUT2D eigenvalue weighted by molar-refractivity contribution is 0.0385. The molecule has 10 heteroatoms. The van der Waals surface area contributed by atoms with Gasteiger partial charge in [0.05, 0.1) is 37.1 Å². The quantitative estimate of drug-likeness (QED) is 0.0866. The lowest BCUT2D eigenvalue weighted by atomic mass is 10.1. The van der Waals surface area contributed by atoms with Crippen molar-refractivity contribution >= 4 is 17.2 Å². The SMILES string of the molecule is Cc1nc(-c2ccc(OCCCCCOc3ccc(C(=N)NO)cc3)cc2)c(CCNCCN2CCOCC2)s1. The summed E-state index contributed by atoms with van der Waals surface area (Å²) in [5.41, 5.74) is 4.66. The number of unbranched alkanes of at least 4 members (excludes halogenated alkanes) is 2. The van der Waals surface area contributed by atoms with Gasteiger partial charge in [0.1, 0.15) is 17.3 Å². The minimum absolute atomic E-state index is 0.0390. The second kappa shape index (κ2) is 16.3. The van der Waals surface area contributed by atoms with Crippen LogP contribution in [-0.4, -0.2) is 80.1 Å². The third-order valence-electron chi connectivity index (χ3n) is 6.75. The zero-order chi connectivity index (χ0) is 28.0. The van der Waals surface area contributed by atoms with Crippen LogP contribution in [0.1, 0.15) is 34.7 Å². The van der Waals surface area contributed by atoms with E-state index in [-0.39, 0.29) is 5.84 Å². The van der Waals surface area contributed by atoms with Crippen molar-refractivity contribution in [2.45, 2.75) is 32.6 Å². The summed E-state index contributed by atoms with van der Waals surface area (Å²) >= 11 is 1.78. The average molecular weight is 568 g/mol. The number of benzene rings is 2. The van der Waals surface area contributed by atoms with Gasteiger partial charge in [0.2, 0.25) is 0 Å². The van der Waals surface area contributed by atoms with Crippen LogP contribution in [0.25, 0.3) is 11.3 Å². The van der Waals surface area contributed by atoms with Crippen molar-refractivity contribution in [3.8, 4) is 22.8 Å². The Bertz CT molecular complexity index is 1160. The first-order valence-electron chi connectivity index (χ1n) is 14.0. The number of nitrogens with one attached hydrogen (secondary N) is 3. The van der Waals surface area contributed by atoms with Crippen molar-refractivity contribution in [1.29, 1.82) is 5.41 Å². The minimum Gasteiger partial charge on any atom is -0.494 e. The summed E-state index contributed by atoms with van der Waals surface area (Å²) < 4.78 is 17.1. The second-order valence-electron chi connectivity index (χ2n) is 9.75. The first-order chi connectivity index (χ1) is 19.6. The summed E-state index contributed by atoms with van der Waals surface area (Å²) in [6.45, 7) is 10.1. The average Bonchev–Trinajstić information content (AvgIpc) is 3.37. The molecule has 1 aliphatic heterocycles. The molecule has 2 aromatic carbocycles. The van der Waals surface area contributed by atoms with E-state index in [2.05, 4.69) is 29.3 Å². The van der Waals surface area contributed by atoms with E-state index in [0.29, 0.717) is 18.8 Å². The van der Waals surface area contributed by atoms with Gasteiger partial charge < -0.3 is 19.5 Å². The van der Waals surface area contributed by atoms with E-state index in [4.69, 9.17) is 29.8 Å². The number of rotatable bonds is 16. The summed E-state index contributed by atoms with van der Waals surface area (Å²) in [5.74, 6) is 1.59. The number of hydrogen-bond acceptors (Lipinski definition) is 9. The van der Waals surface area contributed by atoms with Crippen LogP contribution in [0, 0.1) is 12.3 Å². The molecule has 0 atom stereocenters. The smallest absolute Gasteiger partial charge is 0.149 e. The van der Waals surface area contributed by atoms with E-state index in [1.165, 1.54) is 4.88 Å². The molecule has 40 heavy (non-hydrogen) atoms. The second-order valence-corrected chi connectivity index (χ2v) is 11.0. The van der Waals surface area contributed by atoms with Crippen molar-refractivity contribution in [1.82, 2.24) is 20.7 Å². The number of aryl methyl sites for hydroxylation is 1. The molecule has 4 rings (SSSR count). The molecule has 0 spiro atoms. The number of morpholine rings is 1. The maximum Gasteiger partial charge on any atom is 0.149 e. The van der Waals surface area contributed by atoms with E-state index >= 15 is 0 Å². The summed E-state index contributed by atoms with van der Waals surface area (Å²) in [7, 11) is 0. The van der Waals surface area contributed by atoms with E-state index in [9.17, 15) is 0 Å². The fraction of sp³-hybridized carbons (Fsp3) is 0.467. The number of aromatic nitrogens is 1. The van der Waals surface area contributed by atoms with E-state index in [0.717, 1.165) is 99.4 Å². The van der Waals surface area contributed by atoms with Gasteiger partial charge in [-0.25, -0.2) is 4.98 Å². The van der Waals surface area contributed by atoms with Crippen LogP contribution in [0.3, 0.4) is 0 Å². The monoisotopic (exact) mass is 567 g/mol. The van der Waals surface area contributed by atoms with Gasteiger partial charge in [-0.05, 0) is 81.1 Å². The Morgan fingerprint density at radius 2 is 1.62 bits per heavy atom. The van der Waals surface area contributed by atoms with Gasteiger partial charge in [0.15, 0.2) is 0 Å².